The third kappa shape index (κ3) is 2.28. The van der Waals surface area contributed by atoms with Crippen LogP contribution in [0.15, 0.2) is 22.3 Å². The number of primary amides is 1. The maximum atomic E-state index is 12.0. The summed E-state index contributed by atoms with van der Waals surface area (Å²) >= 11 is 0. The third-order valence-corrected chi connectivity index (χ3v) is 5.44. The lowest BCUT2D eigenvalue weighted by molar-refractivity contribution is -0.122. The summed E-state index contributed by atoms with van der Waals surface area (Å²) in [5.74, 6) is 0.0949. The number of rotatable bonds is 3. The summed E-state index contributed by atoms with van der Waals surface area (Å²) in [5, 5.41) is 0. The van der Waals surface area contributed by atoms with Gasteiger partial charge in [-0.3, -0.25) is 4.79 Å². The first-order chi connectivity index (χ1) is 8.12. The van der Waals surface area contributed by atoms with Gasteiger partial charge in [0.1, 0.15) is 0 Å². The van der Waals surface area contributed by atoms with Gasteiger partial charge in [0, 0.05) is 14.3 Å². The highest BCUT2D eigenvalue weighted by Crippen LogP contribution is 2.44. The van der Waals surface area contributed by atoms with E-state index in [0.717, 1.165) is 0 Å². The monoisotopic (exact) mass is 263 g/mol. The van der Waals surface area contributed by atoms with Gasteiger partial charge in [-0.05, 0) is 44.4 Å². The Morgan fingerprint density at radius 1 is 1.28 bits per heavy atom. The average Bonchev–Trinajstić information content (AvgIpc) is 2.42. The zero-order valence-corrected chi connectivity index (χ0v) is 13.6. The van der Waals surface area contributed by atoms with E-state index in [2.05, 4.69) is 46.5 Å². The summed E-state index contributed by atoms with van der Waals surface area (Å²) in [6.07, 6.45) is 0. The highest BCUT2D eigenvalue weighted by atomic mass is 28.2. The van der Waals surface area contributed by atoms with Crippen LogP contribution in [0.5, 0.6) is 0 Å². The number of nitrogens with two attached hydrogens (primary N) is 1. The van der Waals surface area contributed by atoms with Crippen LogP contribution >= 0.6 is 0 Å². The number of hydrogen-bond donors (Lipinski definition) is 1. The maximum absolute atomic E-state index is 12.0. The van der Waals surface area contributed by atoms with E-state index in [1.165, 1.54) is 22.3 Å². The van der Waals surface area contributed by atoms with E-state index in [-0.39, 0.29) is 5.91 Å². The second-order valence-corrected chi connectivity index (χ2v) is 8.30. The Labute approximate surface area is 112 Å². The molecule has 18 heavy (non-hydrogen) atoms. The lowest BCUT2D eigenvalue weighted by Gasteiger charge is -2.30. The quantitative estimate of drug-likeness (QED) is 0.782. The Hall–Kier alpha value is -0.963. The first-order valence-electron chi connectivity index (χ1n) is 6.47. The predicted octanol–water partition coefficient (Wildman–Crippen LogP) is 2.92. The molecule has 2 atom stereocenters. The molecule has 0 aliphatic heterocycles. The SMILES string of the molecule is CC1=C(C)C(C)C(C(C)(C=[Si](C)C)C(N)=O)=C1C. The molecule has 3 heteroatoms. The molecule has 0 aromatic carbocycles. The van der Waals surface area contributed by atoms with Crippen LogP contribution in [0.25, 0.3) is 0 Å². The van der Waals surface area contributed by atoms with Crippen molar-refractivity contribution in [3.63, 3.8) is 0 Å². The van der Waals surface area contributed by atoms with Crippen molar-refractivity contribution in [3.05, 3.63) is 22.3 Å². The Bertz CT molecular complexity index is 481. The van der Waals surface area contributed by atoms with Gasteiger partial charge in [-0.2, -0.15) is 0 Å². The first-order valence-corrected chi connectivity index (χ1v) is 9.05. The number of hydrogen-bond acceptors (Lipinski definition) is 1. The normalized spacial score (nSPS) is 23.2. The highest BCUT2D eigenvalue weighted by Gasteiger charge is 2.40. The Balaban J connectivity index is 3.45. The van der Waals surface area contributed by atoms with Crippen molar-refractivity contribution < 1.29 is 4.79 Å². The van der Waals surface area contributed by atoms with E-state index >= 15 is 0 Å². The Morgan fingerprint density at radius 3 is 2.06 bits per heavy atom. The van der Waals surface area contributed by atoms with Crippen molar-refractivity contribution >= 4 is 20.0 Å². The minimum atomic E-state index is -0.632. The molecule has 0 spiro atoms. The zero-order chi connectivity index (χ0) is 14.2. The molecule has 1 aliphatic carbocycles. The van der Waals surface area contributed by atoms with Crippen LogP contribution in [0.2, 0.25) is 13.1 Å². The number of carbonyl (C=O) groups excluding carboxylic acids is 1. The van der Waals surface area contributed by atoms with Gasteiger partial charge in [0.15, 0.2) is 0 Å². The van der Waals surface area contributed by atoms with Crippen molar-refractivity contribution in [3.8, 4) is 0 Å². The molecule has 2 N–H and O–H groups in total. The first kappa shape index (κ1) is 15.1. The van der Waals surface area contributed by atoms with Gasteiger partial charge in [-0.25, -0.2) is 0 Å². The highest BCUT2D eigenvalue weighted by molar-refractivity contribution is 6.65. The van der Waals surface area contributed by atoms with Gasteiger partial charge in [-0.15, -0.1) is 0 Å². The third-order valence-electron chi connectivity index (χ3n) is 4.29. The molecule has 0 fully saturated rings. The van der Waals surface area contributed by atoms with Crippen LogP contribution in [0.1, 0.15) is 34.6 Å². The van der Waals surface area contributed by atoms with Crippen LogP contribution in [0.4, 0.5) is 0 Å². The fourth-order valence-electron chi connectivity index (χ4n) is 3.06. The van der Waals surface area contributed by atoms with Gasteiger partial charge < -0.3 is 5.73 Å². The van der Waals surface area contributed by atoms with Crippen LogP contribution < -0.4 is 5.73 Å². The van der Waals surface area contributed by atoms with E-state index in [0.29, 0.717) is 5.92 Å². The molecular formula is C15H25NOSi. The molecule has 1 amide bonds. The molecular weight excluding hydrogens is 238 g/mol. The Morgan fingerprint density at radius 2 is 1.78 bits per heavy atom. The molecule has 0 aromatic heterocycles. The molecule has 0 aromatic rings. The standard InChI is InChI=1S/C15H25NOSi/c1-9-10(2)12(4)13(11(9)3)15(5,14(16)17)8-18(6)7/h8,11H,1-7H3,(H2,16,17). The summed E-state index contributed by atoms with van der Waals surface area (Å²) < 4.78 is 0. The number of allylic oxidation sites excluding steroid dienone is 3. The smallest absolute Gasteiger partial charge is 0.230 e. The summed E-state index contributed by atoms with van der Waals surface area (Å²) in [5.41, 5.74) is 12.4. The van der Waals surface area contributed by atoms with E-state index in [1.54, 1.807) is 0 Å². The fraction of sp³-hybridized carbons (Fsp3) is 0.600. The average molecular weight is 263 g/mol. The molecule has 0 saturated heterocycles. The topological polar surface area (TPSA) is 43.1 Å². The van der Waals surface area contributed by atoms with Crippen molar-refractivity contribution in [2.75, 3.05) is 0 Å². The van der Waals surface area contributed by atoms with E-state index in [9.17, 15) is 4.79 Å². The van der Waals surface area contributed by atoms with Crippen molar-refractivity contribution in [1.82, 2.24) is 0 Å². The lowest BCUT2D eigenvalue weighted by Crippen LogP contribution is -2.41. The van der Waals surface area contributed by atoms with Crippen LogP contribution in [0.3, 0.4) is 0 Å². The molecule has 0 radical (unpaired) electrons. The molecule has 2 nitrogen and oxygen atoms in total. The molecule has 0 saturated carbocycles. The van der Waals surface area contributed by atoms with Gasteiger partial charge in [0.2, 0.25) is 5.91 Å². The Kier molecular flexibility index (Phi) is 4.16. The second-order valence-electron chi connectivity index (χ2n) is 5.86. The van der Waals surface area contributed by atoms with Crippen LogP contribution in [0, 0.1) is 11.3 Å². The van der Waals surface area contributed by atoms with E-state index in [1.807, 2.05) is 6.92 Å². The molecule has 2 unspecified atom stereocenters. The molecule has 1 aliphatic rings. The fourth-order valence-corrected chi connectivity index (χ4v) is 4.51. The molecule has 0 bridgehead atoms. The van der Waals surface area contributed by atoms with Crippen molar-refractivity contribution in [2.24, 2.45) is 17.1 Å². The number of amides is 1. The van der Waals surface area contributed by atoms with Gasteiger partial charge in [0.05, 0.1) is 5.41 Å². The summed E-state index contributed by atoms with van der Waals surface area (Å²) in [7, 11) is -0.632. The second kappa shape index (κ2) is 4.96. The molecule has 1 rings (SSSR count). The summed E-state index contributed by atoms with van der Waals surface area (Å²) in [4.78, 5) is 12.0. The van der Waals surface area contributed by atoms with Crippen LogP contribution in [-0.4, -0.2) is 20.0 Å². The van der Waals surface area contributed by atoms with Gasteiger partial charge in [-0.1, -0.05) is 31.3 Å². The summed E-state index contributed by atoms with van der Waals surface area (Å²) in [6, 6.07) is 0. The molecule has 0 heterocycles. The van der Waals surface area contributed by atoms with Gasteiger partial charge >= 0.3 is 0 Å². The van der Waals surface area contributed by atoms with Crippen molar-refractivity contribution in [1.29, 1.82) is 0 Å². The number of carbonyl (C=O) groups is 1. The maximum Gasteiger partial charge on any atom is 0.230 e. The minimum Gasteiger partial charge on any atom is -0.369 e. The predicted molar refractivity (Wildman–Crippen MR) is 81.1 cm³/mol. The van der Waals surface area contributed by atoms with Crippen LogP contribution in [-0.2, 0) is 4.79 Å². The lowest BCUT2D eigenvalue weighted by atomic mass is 9.76. The zero-order valence-electron chi connectivity index (χ0n) is 12.6. The van der Waals surface area contributed by atoms with E-state index in [4.69, 9.17) is 5.73 Å². The van der Waals surface area contributed by atoms with E-state index < -0.39 is 13.8 Å². The largest absolute Gasteiger partial charge is 0.369 e. The van der Waals surface area contributed by atoms with Crippen molar-refractivity contribution in [2.45, 2.75) is 47.7 Å². The molecule has 100 valence electrons. The summed E-state index contributed by atoms with van der Waals surface area (Å²) in [6.45, 7) is 14.9. The minimum absolute atomic E-state index is 0.225. The van der Waals surface area contributed by atoms with Gasteiger partial charge in [0.25, 0.3) is 0 Å².